The van der Waals surface area contributed by atoms with E-state index in [2.05, 4.69) is 90.5 Å². The molecule has 6 saturated heterocycles. The highest BCUT2D eigenvalue weighted by Crippen LogP contribution is 2.20. The fourth-order valence-corrected chi connectivity index (χ4v) is 22.2. The molecular formula is C34H44O48S12. The van der Waals surface area contributed by atoms with Crippen LogP contribution in [0.1, 0.15) is 0 Å². The Labute approximate surface area is 532 Å². The van der Waals surface area contributed by atoms with Gasteiger partial charge < -0.3 is 28.4 Å². The number of ether oxygens (including phenoxy) is 6. The van der Waals surface area contributed by atoms with Gasteiger partial charge in [0.05, 0.1) is 0 Å². The highest BCUT2D eigenvalue weighted by Gasteiger charge is 2.43. The lowest BCUT2D eigenvalue weighted by Gasteiger charge is -2.14. The average molecular weight is 1610 g/mol. The maximum atomic E-state index is 11.8. The van der Waals surface area contributed by atoms with Gasteiger partial charge in [-0.3, -0.25) is 50.2 Å². The van der Waals surface area contributed by atoms with Crippen LogP contribution in [-0.4, -0.2) is 283 Å². The Hall–Kier alpha value is -4.96. The number of hydrogen-bond donors (Lipinski definition) is 0. The van der Waals surface area contributed by atoms with Gasteiger partial charge in [-0.2, -0.15) is 101 Å². The Morgan fingerprint density at radius 1 is 0.266 bits per heavy atom. The van der Waals surface area contributed by atoms with Gasteiger partial charge in [-0.1, -0.05) is 11.8 Å². The van der Waals surface area contributed by atoms with E-state index >= 15 is 0 Å². The van der Waals surface area contributed by atoms with Crippen molar-refractivity contribution in [3.8, 4) is 11.8 Å². The molecule has 6 atom stereocenters. The monoisotopic (exact) mass is 1600 g/mol. The van der Waals surface area contributed by atoms with Crippen molar-refractivity contribution in [1.82, 2.24) is 0 Å². The number of carbonyl (C=O) groups excluding carboxylic acids is 6. The number of hydrogen-bond acceptors (Lipinski definition) is 48. The molecule has 0 amide bonds. The van der Waals surface area contributed by atoms with Crippen molar-refractivity contribution in [3.05, 3.63) is 12.2 Å². The lowest BCUT2D eigenvalue weighted by Crippen LogP contribution is -2.34. The molecule has 6 rings (SSSR count). The van der Waals surface area contributed by atoms with E-state index in [-0.39, 0.29) is 0 Å². The van der Waals surface area contributed by atoms with Gasteiger partial charge >= 0.3 is 35.8 Å². The Bertz CT molecular complexity index is 4130. The Morgan fingerprint density at radius 3 is 0.628 bits per heavy atom. The summed E-state index contributed by atoms with van der Waals surface area (Å²) in [5.74, 6) is -3.42. The van der Waals surface area contributed by atoms with Crippen LogP contribution in [0.25, 0.3) is 0 Å². The average Bonchev–Trinajstić information content (AvgIpc) is 1.74. The summed E-state index contributed by atoms with van der Waals surface area (Å²) in [6.45, 7) is -9.27. The van der Waals surface area contributed by atoms with Crippen molar-refractivity contribution in [2.45, 2.75) is 36.6 Å². The predicted octanol–water partition coefficient (Wildman–Crippen LogP) is -11.0. The van der Waals surface area contributed by atoms with E-state index in [1.165, 1.54) is 0 Å². The van der Waals surface area contributed by atoms with Gasteiger partial charge in [-0.15, -0.1) is 0 Å². The molecule has 94 heavy (non-hydrogen) atoms. The van der Waals surface area contributed by atoms with Gasteiger partial charge in [-0.05, 0) is 12.2 Å². The summed E-state index contributed by atoms with van der Waals surface area (Å²) >= 11 is 0. The summed E-state index contributed by atoms with van der Waals surface area (Å²) < 4.78 is 352. The smallest absolute Gasteiger partial charge is 0.340 e. The number of esters is 6. The molecule has 48 nitrogen and oxygen atoms in total. The van der Waals surface area contributed by atoms with Crippen LogP contribution in [0.2, 0.25) is 0 Å². The van der Waals surface area contributed by atoms with E-state index in [0.717, 1.165) is 12.2 Å². The Balaban J connectivity index is 0.000000300. The van der Waals surface area contributed by atoms with Gasteiger partial charge in [0.25, 0.3) is 121 Å². The van der Waals surface area contributed by atoms with Crippen molar-refractivity contribution in [2.75, 3.05) is 110 Å². The molecule has 0 bridgehead atoms. The zero-order valence-electron chi connectivity index (χ0n) is 45.8. The van der Waals surface area contributed by atoms with Crippen LogP contribution in [0.5, 0.6) is 0 Å². The topological polar surface area (TPSA) is 678 Å². The molecule has 0 saturated carbocycles. The molecule has 6 heterocycles. The summed E-state index contributed by atoms with van der Waals surface area (Å²) in [7, 11) is -54.4. The molecular weight excluding hydrogens is 1560 g/mol. The molecule has 6 aliphatic rings. The van der Waals surface area contributed by atoms with Crippen molar-refractivity contribution >= 4 is 157 Å². The first kappa shape index (κ1) is 81.5. The summed E-state index contributed by atoms with van der Waals surface area (Å²) in [6, 6.07) is 0. The third-order valence-corrected chi connectivity index (χ3v) is 29.3. The summed E-state index contributed by atoms with van der Waals surface area (Å²) in [6.07, 6.45) is -9.07. The summed E-state index contributed by atoms with van der Waals surface area (Å²) in [5, 5.41) is -8.86. The second-order valence-electron chi connectivity index (χ2n) is 17.3. The third-order valence-electron chi connectivity index (χ3n) is 9.36. The quantitative estimate of drug-likeness (QED) is 0.0367. The normalized spacial score (nSPS) is 28.8. The van der Waals surface area contributed by atoms with E-state index in [4.69, 9.17) is 0 Å². The predicted molar refractivity (Wildman–Crippen MR) is 284 cm³/mol. The first-order chi connectivity index (χ1) is 42.8. The first-order valence-corrected chi connectivity index (χ1v) is 42.5. The van der Waals surface area contributed by atoms with Gasteiger partial charge in [0, 0.05) is 0 Å². The second-order valence-corrected chi connectivity index (χ2v) is 38.9. The van der Waals surface area contributed by atoms with E-state index < -0.39 is 304 Å². The largest absolute Gasteiger partial charge is 0.460 e. The Morgan fingerprint density at radius 2 is 0.436 bits per heavy atom. The van der Waals surface area contributed by atoms with Crippen LogP contribution in [0.4, 0.5) is 0 Å². The van der Waals surface area contributed by atoms with Crippen LogP contribution in [0, 0.1) is 11.8 Å². The molecule has 60 heteroatoms. The molecule has 6 unspecified atom stereocenters. The first-order valence-electron chi connectivity index (χ1n) is 23.6. The summed E-state index contributed by atoms with van der Waals surface area (Å²) in [5.41, 5.74) is 0. The van der Waals surface area contributed by atoms with Gasteiger partial charge in [-0.25, -0.2) is 28.8 Å². The second kappa shape index (κ2) is 32.6. The van der Waals surface area contributed by atoms with Crippen LogP contribution >= 0.6 is 0 Å². The number of carbonyl (C=O) groups is 6. The fourth-order valence-electron chi connectivity index (χ4n) is 5.85. The molecule has 0 N–H and O–H groups in total. The lowest BCUT2D eigenvalue weighted by molar-refractivity contribution is -0.161. The zero-order valence-corrected chi connectivity index (χ0v) is 55.6. The molecule has 0 aromatic heterocycles. The molecule has 0 aromatic rings. The molecule has 0 aromatic carbocycles. The SMILES string of the molecule is O=C(OC/C=C/COC(=O)C1COS(=O)(=O)CS(=O)(=O)O1)C1COS(=O)(=O)CS(=O)(=O)O1.O=C(OCC#CCOC(=O)C1COS(=O)(=O)CS(=O)(=O)O1)C1COS(=O)(=O)CS(=O)(=O)O1.O=C(OCCOC(=O)C1COS(=O)(=O)CS(=O)(=O)O1)C1COS(=O)(=O)CS(=O)(=O)O1. The van der Waals surface area contributed by atoms with Crippen LogP contribution in [0.3, 0.4) is 0 Å². The highest BCUT2D eigenvalue weighted by molar-refractivity contribution is 8.06. The van der Waals surface area contributed by atoms with E-state index in [1.807, 2.05) is 0 Å². The van der Waals surface area contributed by atoms with Crippen LogP contribution in [0.15, 0.2) is 12.2 Å². The van der Waals surface area contributed by atoms with Crippen molar-refractivity contribution in [2.24, 2.45) is 0 Å². The minimum atomic E-state index is -4.64. The molecule has 540 valence electrons. The van der Waals surface area contributed by atoms with E-state index in [1.54, 1.807) is 0 Å². The van der Waals surface area contributed by atoms with Gasteiger partial charge in [0.1, 0.15) is 66.1 Å². The zero-order chi connectivity index (χ0) is 71.2. The maximum absolute atomic E-state index is 11.8. The Kier molecular flexibility index (Phi) is 28.3. The van der Waals surface area contributed by atoms with Gasteiger partial charge in [0.15, 0.2) is 49.8 Å². The number of rotatable bonds is 15. The van der Waals surface area contributed by atoms with E-state index in [9.17, 15) is 130 Å². The molecule has 0 aliphatic carbocycles. The van der Waals surface area contributed by atoms with E-state index in [0.29, 0.717) is 0 Å². The standard InChI is InChI=1S/C12H16O16S4.C12H14O16S4.C10H14O16S4/c2*13-11(9-5-25-29(15,16)7-31(19,20)27-9)23-3-1-2-4-24-12(14)10-6-26-30(17,18)8-32(21,22)28-10;11-9(7-3-23-27(13,14)5-29(17,18)25-7)21-1-2-22-10(12)8-4-24-28(15,16)6-30(19,20)26-8/h1-2,9-10H,3-8H2;9-10H,3-8H2;7-8H,1-6H2/b2-1+;;. The minimum absolute atomic E-state index is 0.474. The minimum Gasteiger partial charge on any atom is -0.460 e. The molecule has 6 aliphatic heterocycles. The third kappa shape index (κ3) is 30.2. The highest BCUT2D eigenvalue weighted by atomic mass is 32.3. The van der Waals surface area contributed by atoms with Crippen LogP contribution < -0.4 is 0 Å². The summed E-state index contributed by atoms with van der Waals surface area (Å²) in [4.78, 5) is 70.7. The van der Waals surface area contributed by atoms with Crippen LogP contribution in [-0.2, 0) is 229 Å². The van der Waals surface area contributed by atoms with Gasteiger partial charge in [0.2, 0.25) is 30.5 Å². The van der Waals surface area contributed by atoms with Crippen molar-refractivity contribution in [3.63, 3.8) is 0 Å². The lowest BCUT2D eigenvalue weighted by atomic mass is 10.4. The van der Waals surface area contributed by atoms with Crippen molar-refractivity contribution in [1.29, 1.82) is 0 Å². The molecule has 0 radical (unpaired) electrons. The van der Waals surface area contributed by atoms with Crippen molar-refractivity contribution < 1.29 is 208 Å². The molecule has 6 fully saturated rings. The molecule has 0 spiro atoms. The maximum Gasteiger partial charge on any atom is 0.340 e. The fraction of sp³-hybridized carbons (Fsp3) is 0.706.